The molecule has 2 aliphatic heterocycles. The molecule has 0 bridgehead atoms. The molecule has 0 aliphatic carbocycles. The first kappa shape index (κ1) is 37.4. The minimum atomic E-state index is -1.38. The van der Waals surface area contributed by atoms with Crippen LogP contribution in [0.25, 0.3) is 11.1 Å². The molecule has 13 nitrogen and oxygen atoms in total. The van der Waals surface area contributed by atoms with E-state index in [0.717, 1.165) is 11.1 Å². The summed E-state index contributed by atoms with van der Waals surface area (Å²) in [5.41, 5.74) is 1.02. The van der Waals surface area contributed by atoms with Gasteiger partial charge in [-0.05, 0) is 77.8 Å². The van der Waals surface area contributed by atoms with E-state index in [2.05, 4.69) is 27.1 Å². The molecule has 0 saturated heterocycles. The molecule has 1 atom stereocenters. The first-order valence-corrected chi connectivity index (χ1v) is 16.0. The maximum absolute atomic E-state index is 13.0. The van der Waals surface area contributed by atoms with E-state index < -0.39 is 41.2 Å². The summed E-state index contributed by atoms with van der Waals surface area (Å²) in [5, 5.41) is 3.33. The maximum Gasteiger partial charge on any atom is 0.407 e. The standard InChI is InChI=1S/C35H42N4O9.H2S/c1-34(2,3)46-32(42)29(48-39-30(40)27-10-7-8-11-28(27)31(39)41)22-45-25-14-12-23(13-15-25)24-18-37-20-26(21-38(37)19-24)44-17-9-16-36-33(43)47-35(4,5)6;/h7-8,10-15,18-19,26,29H,9,16-17,20-22H2,1-6H3;1H2/p+1/t29-;/m0./s1. The molecule has 2 aromatic carbocycles. The Bertz CT molecular complexity index is 1600. The predicted molar refractivity (Wildman–Crippen MR) is 182 cm³/mol. The molecule has 0 radical (unpaired) electrons. The topological polar surface area (TPSA) is 139 Å². The number of esters is 1. The molecule has 0 fully saturated rings. The molecule has 0 saturated carbocycles. The van der Waals surface area contributed by atoms with Crippen LogP contribution in [0.3, 0.4) is 0 Å². The van der Waals surface area contributed by atoms with E-state index in [4.69, 9.17) is 23.8 Å². The lowest BCUT2D eigenvalue weighted by molar-refractivity contribution is -0.760. The average molecular weight is 698 g/mol. The predicted octanol–water partition coefficient (Wildman–Crippen LogP) is 4.19. The van der Waals surface area contributed by atoms with Crippen LogP contribution in [-0.4, -0.2) is 76.8 Å². The number of amides is 3. The number of hydrogen-bond acceptors (Lipinski definition) is 9. The summed E-state index contributed by atoms with van der Waals surface area (Å²) in [6.07, 6.45) is 3.02. The molecular weight excluding hydrogens is 652 g/mol. The summed E-state index contributed by atoms with van der Waals surface area (Å²) in [4.78, 5) is 56.1. The summed E-state index contributed by atoms with van der Waals surface area (Å²) in [6.45, 7) is 12.7. The highest BCUT2D eigenvalue weighted by atomic mass is 32.1. The zero-order valence-electron chi connectivity index (χ0n) is 28.7. The monoisotopic (exact) mass is 697 g/mol. The number of ether oxygens (including phenoxy) is 4. The molecule has 5 rings (SSSR count). The second-order valence-corrected chi connectivity index (χ2v) is 13.6. The highest BCUT2D eigenvalue weighted by Crippen LogP contribution is 2.26. The van der Waals surface area contributed by atoms with Crippen molar-refractivity contribution in [1.82, 2.24) is 15.1 Å². The summed E-state index contributed by atoms with van der Waals surface area (Å²) >= 11 is 0. The van der Waals surface area contributed by atoms with Crippen molar-refractivity contribution in [3.63, 3.8) is 0 Å². The molecule has 3 aromatic rings. The number of carbonyl (C=O) groups excluding carboxylic acids is 4. The van der Waals surface area contributed by atoms with Crippen molar-refractivity contribution in [1.29, 1.82) is 0 Å². The van der Waals surface area contributed by atoms with Crippen LogP contribution in [0.2, 0.25) is 0 Å². The highest BCUT2D eigenvalue weighted by Gasteiger charge is 2.41. The normalized spacial score (nSPS) is 16.0. The van der Waals surface area contributed by atoms with Crippen molar-refractivity contribution in [2.45, 2.75) is 84.5 Å². The van der Waals surface area contributed by atoms with E-state index in [1.165, 1.54) is 12.1 Å². The molecule has 3 amide bonds. The first-order valence-electron chi connectivity index (χ1n) is 16.0. The fourth-order valence-electron chi connectivity index (χ4n) is 5.19. The molecule has 264 valence electrons. The average Bonchev–Trinajstić information content (AvgIpc) is 3.64. The summed E-state index contributed by atoms with van der Waals surface area (Å²) in [5.74, 6) is -1.62. The Kier molecular flexibility index (Phi) is 11.8. The van der Waals surface area contributed by atoms with Crippen LogP contribution in [0.4, 0.5) is 4.79 Å². The lowest BCUT2D eigenvalue weighted by atomic mass is 10.1. The SMILES string of the molecule is CC(C)(C)OC(=O)NCCCOC1Cn2cc(-c3ccc(OC[C@H](ON4C(=O)c5ccccc5C4=O)C(=O)OC(C)(C)C)cc3)c[n+]2C1.S. The number of nitrogens with zero attached hydrogens (tertiary/aromatic N) is 3. The van der Waals surface area contributed by atoms with Gasteiger partial charge in [0.15, 0.2) is 6.54 Å². The van der Waals surface area contributed by atoms with Crippen molar-refractivity contribution in [3.05, 3.63) is 72.1 Å². The number of rotatable bonds is 12. The molecule has 1 aromatic heterocycles. The Morgan fingerprint density at radius 1 is 0.918 bits per heavy atom. The van der Waals surface area contributed by atoms with Gasteiger partial charge in [0.1, 0.15) is 36.2 Å². The van der Waals surface area contributed by atoms with Gasteiger partial charge in [0, 0.05) is 13.2 Å². The van der Waals surface area contributed by atoms with E-state index in [1.807, 2.05) is 32.9 Å². The van der Waals surface area contributed by atoms with Crippen LogP contribution in [0.15, 0.2) is 60.9 Å². The van der Waals surface area contributed by atoms with Crippen LogP contribution in [-0.2, 0) is 36.9 Å². The smallest absolute Gasteiger partial charge is 0.407 e. The minimum absolute atomic E-state index is 0. The largest absolute Gasteiger partial charge is 0.490 e. The van der Waals surface area contributed by atoms with E-state index in [1.54, 1.807) is 45.0 Å². The van der Waals surface area contributed by atoms with Gasteiger partial charge in [0.25, 0.3) is 11.8 Å². The zero-order chi connectivity index (χ0) is 34.6. The van der Waals surface area contributed by atoms with Gasteiger partial charge in [-0.15, -0.1) is 9.75 Å². The number of aromatic nitrogens is 2. The number of benzene rings is 2. The maximum atomic E-state index is 13.0. The second-order valence-electron chi connectivity index (χ2n) is 13.6. The van der Waals surface area contributed by atoms with E-state index in [-0.39, 0.29) is 37.3 Å². The highest BCUT2D eigenvalue weighted by molar-refractivity contribution is 7.59. The van der Waals surface area contributed by atoms with Crippen molar-refractivity contribution in [3.8, 4) is 16.9 Å². The van der Waals surface area contributed by atoms with Gasteiger partial charge in [-0.25, -0.2) is 14.4 Å². The number of imide groups is 1. The lowest BCUT2D eigenvalue weighted by Crippen LogP contribution is -2.43. The number of nitrogens with one attached hydrogen (secondary N) is 1. The minimum Gasteiger partial charge on any atom is -0.490 e. The molecule has 14 heteroatoms. The number of fused-ring (bicyclic) bond motifs is 2. The molecule has 0 spiro atoms. The van der Waals surface area contributed by atoms with Gasteiger partial charge >= 0.3 is 12.1 Å². The number of hydroxylamine groups is 2. The Morgan fingerprint density at radius 2 is 1.55 bits per heavy atom. The molecule has 2 aliphatic rings. The van der Waals surface area contributed by atoms with E-state index in [9.17, 15) is 19.2 Å². The van der Waals surface area contributed by atoms with Crippen molar-refractivity contribution >= 4 is 37.4 Å². The number of alkyl carbamates (subject to hydrolysis) is 1. The van der Waals surface area contributed by atoms with Gasteiger partial charge in [-0.2, -0.15) is 18.2 Å². The quantitative estimate of drug-likeness (QED) is 0.128. The van der Waals surface area contributed by atoms with Crippen LogP contribution >= 0.6 is 13.5 Å². The van der Waals surface area contributed by atoms with Gasteiger partial charge in [-0.3, -0.25) is 9.59 Å². The summed E-state index contributed by atoms with van der Waals surface area (Å²) < 4.78 is 26.8. The second kappa shape index (κ2) is 15.4. The van der Waals surface area contributed by atoms with Crippen LogP contribution in [0.5, 0.6) is 5.75 Å². The Hall–Kier alpha value is -4.40. The van der Waals surface area contributed by atoms with Crippen LogP contribution < -0.4 is 14.7 Å². The van der Waals surface area contributed by atoms with Crippen LogP contribution in [0.1, 0.15) is 68.7 Å². The molecule has 1 N–H and O–H groups in total. The van der Waals surface area contributed by atoms with E-state index >= 15 is 0 Å². The molecule has 49 heavy (non-hydrogen) atoms. The number of hydrogen-bond donors (Lipinski definition) is 1. The Morgan fingerprint density at radius 3 is 2.14 bits per heavy atom. The molecular formula is C35H45N4O9S+. The Labute approximate surface area is 292 Å². The Balaban J connectivity index is 0.00000541. The van der Waals surface area contributed by atoms with Crippen molar-refractivity contribution < 1.29 is 47.6 Å². The van der Waals surface area contributed by atoms with Crippen LogP contribution in [0, 0.1) is 0 Å². The summed E-state index contributed by atoms with van der Waals surface area (Å²) in [6, 6.07) is 13.7. The number of carbonyl (C=O) groups is 4. The third-order valence-electron chi connectivity index (χ3n) is 7.28. The van der Waals surface area contributed by atoms with E-state index in [0.29, 0.717) is 43.5 Å². The van der Waals surface area contributed by atoms with Gasteiger partial charge in [-0.1, -0.05) is 24.3 Å². The molecule has 0 unspecified atom stereocenters. The fourth-order valence-corrected chi connectivity index (χ4v) is 5.19. The third kappa shape index (κ3) is 9.83. The first-order chi connectivity index (χ1) is 22.7. The van der Waals surface area contributed by atoms with Gasteiger partial charge in [0.2, 0.25) is 12.3 Å². The van der Waals surface area contributed by atoms with Crippen molar-refractivity contribution in [2.24, 2.45) is 0 Å². The lowest BCUT2D eigenvalue weighted by Gasteiger charge is -2.26. The zero-order valence-corrected chi connectivity index (χ0v) is 29.7. The summed E-state index contributed by atoms with van der Waals surface area (Å²) in [7, 11) is 0. The molecule has 3 heterocycles. The fraction of sp³-hybridized carbons (Fsp3) is 0.457. The van der Waals surface area contributed by atoms with Gasteiger partial charge < -0.3 is 24.3 Å². The third-order valence-corrected chi connectivity index (χ3v) is 7.28. The van der Waals surface area contributed by atoms with Gasteiger partial charge in [0.05, 0.1) is 22.9 Å². The van der Waals surface area contributed by atoms with Crippen molar-refractivity contribution in [2.75, 3.05) is 19.8 Å².